The van der Waals surface area contributed by atoms with E-state index in [0.717, 1.165) is 0 Å². The number of rotatable bonds is 6. The second kappa shape index (κ2) is 6.08. The molecule has 0 fully saturated rings. The molecular weight excluding hydrogens is 198 g/mol. The minimum absolute atomic E-state index is 0.139. The Kier molecular flexibility index (Phi) is 5.46. The van der Waals surface area contributed by atoms with Gasteiger partial charge in [-0.2, -0.15) is 0 Å². The highest BCUT2D eigenvalue weighted by atomic mass is 19.4. The number of halogens is 2. The molecule has 0 rings (SSSR count). The molecule has 0 aromatic heterocycles. The summed E-state index contributed by atoms with van der Waals surface area (Å²) in [6.45, 7) is 0.139. The first-order chi connectivity index (χ1) is 6.45. The maximum absolute atomic E-state index is 11.9. The van der Waals surface area contributed by atoms with Crippen molar-refractivity contribution in [2.24, 2.45) is 16.5 Å². The Labute approximate surface area is 79.1 Å². The Bertz CT molecular complexity index is 218. The van der Waals surface area contributed by atoms with Gasteiger partial charge in [-0.05, 0) is 12.8 Å². The summed E-state index contributed by atoms with van der Waals surface area (Å²) in [7, 11) is 0. The SMILES string of the molecule is NC(N)=NCCC[C@@H](C(=O)O)N(F)F. The molecule has 14 heavy (non-hydrogen) atoms. The van der Waals surface area contributed by atoms with Crippen LogP contribution in [0.5, 0.6) is 0 Å². The largest absolute Gasteiger partial charge is 0.480 e. The van der Waals surface area contributed by atoms with E-state index in [1.54, 1.807) is 0 Å². The van der Waals surface area contributed by atoms with Crippen LogP contribution in [-0.2, 0) is 4.79 Å². The molecule has 0 aliphatic rings. The standard InChI is InChI=1S/C6H12F2N4O2/c7-12(8)4(5(13)14)2-1-3-11-6(9)10/h4H,1-3H2,(H,13,14)(H4,9,10,11)/t4-/m0/s1. The first-order valence-electron chi connectivity index (χ1n) is 3.84. The fourth-order valence-corrected chi connectivity index (χ4v) is 0.797. The lowest BCUT2D eigenvalue weighted by Crippen LogP contribution is -2.30. The minimum atomic E-state index is -1.80. The van der Waals surface area contributed by atoms with Crippen LogP contribution in [0.4, 0.5) is 8.96 Å². The summed E-state index contributed by atoms with van der Waals surface area (Å²) < 4.78 is 23.8. The van der Waals surface area contributed by atoms with Crippen LogP contribution in [0.25, 0.3) is 0 Å². The molecule has 0 bridgehead atoms. The predicted molar refractivity (Wildman–Crippen MR) is 45.4 cm³/mol. The van der Waals surface area contributed by atoms with E-state index in [4.69, 9.17) is 16.6 Å². The van der Waals surface area contributed by atoms with Crippen LogP contribution in [0.15, 0.2) is 4.99 Å². The molecule has 0 heterocycles. The van der Waals surface area contributed by atoms with Crippen molar-refractivity contribution in [2.75, 3.05) is 6.54 Å². The number of nitrogens with two attached hydrogens (primary N) is 2. The molecule has 0 saturated carbocycles. The molecule has 0 aliphatic carbocycles. The van der Waals surface area contributed by atoms with Gasteiger partial charge in [-0.3, -0.25) is 9.79 Å². The van der Waals surface area contributed by atoms with Crippen molar-refractivity contribution in [1.29, 1.82) is 0 Å². The molecular formula is C6H12F2N4O2. The zero-order valence-corrected chi connectivity index (χ0v) is 7.36. The third-order valence-corrected chi connectivity index (χ3v) is 1.45. The number of nitrogens with zero attached hydrogens (tertiary/aromatic N) is 2. The fourth-order valence-electron chi connectivity index (χ4n) is 0.797. The highest BCUT2D eigenvalue weighted by Gasteiger charge is 2.25. The Hall–Kier alpha value is -1.44. The van der Waals surface area contributed by atoms with E-state index in [0.29, 0.717) is 0 Å². The molecule has 0 aliphatic heterocycles. The zero-order valence-electron chi connectivity index (χ0n) is 7.36. The van der Waals surface area contributed by atoms with Crippen LogP contribution < -0.4 is 11.5 Å². The summed E-state index contributed by atoms with van der Waals surface area (Å²) >= 11 is 0. The highest BCUT2D eigenvalue weighted by molar-refractivity contribution is 5.75. The summed E-state index contributed by atoms with van der Waals surface area (Å²) in [6.07, 6.45) is -0.0294. The van der Waals surface area contributed by atoms with Gasteiger partial charge in [-0.15, -0.1) is 8.96 Å². The fraction of sp³-hybridized carbons (Fsp3) is 0.667. The maximum Gasteiger partial charge on any atom is 0.326 e. The number of aliphatic carboxylic acids is 1. The summed E-state index contributed by atoms with van der Waals surface area (Å²) in [5.41, 5.74) is 9.96. The third-order valence-electron chi connectivity index (χ3n) is 1.45. The molecule has 0 aromatic carbocycles. The Balaban J connectivity index is 3.84. The molecule has 0 saturated heterocycles. The van der Waals surface area contributed by atoms with Gasteiger partial charge in [0.25, 0.3) is 0 Å². The minimum Gasteiger partial charge on any atom is -0.480 e. The van der Waals surface area contributed by atoms with E-state index in [2.05, 4.69) is 4.99 Å². The van der Waals surface area contributed by atoms with E-state index < -0.39 is 17.4 Å². The van der Waals surface area contributed by atoms with Crippen molar-refractivity contribution >= 4 is 11.9 Å². The normalized spacial score (nSPS) is 12.5. The number of hydrogen-bond donors (Lipinski definition) is 3. The Morgan fingerprint density at radius 2 is 2.07 bits per heavy atom. The van der Waals surface area contributed by atoms with Gasteiger partial charge < -0.3 is 16.6 Å². The van der Waals surface area contributed by atoms with Crippen molar-refractivity contribution < 1.29 is 18.9 Å². The molecule has 0 aromatic rings. The third kappa shape index (κ3) is 5.25. The molecule has 0 spiro atoms. The van der Waals surface area contributed by atoms with Crippen LogP contribution in [0, 0.1) is 0 Å². The molecule has 0 amide bonds. The summed E-state index contributed by atoms with van der Waals surface area (Å²) in [5, 5.41) is 7.01. The van der Waals surface area contributed by atoms with Gasteiger partial charge in [0.2, 0.25) is 0 Å². The van der Waals surface area contributed by atoms with Gasteiger partial charge in [0.15, 0.2) is 12.0 Å². The number of aliphatic imine (C=N–C) groups is 1. The number of carbonyl (C=O) groups is 1. The molecule has 0 radical (unpaired) electrons. The first-order valence-corrected chi connectivity index (χ1v) is 3.84. The average molecular weight is 210 g/mol. The van der Waals surface area contributed by atoms with Crippen LogP contribution in [0.2, 0.25) is 0 Å². The molecule has 8 heteroatoms. The second-order valence-corrected chi connectivity index (χ2v) is 2.56. The maximum atomic E-state index is 11.9. The summed E-state index contributed by atoms with van der Waals surface area (Å²) in [4.78, 5) is 13.8. The van der Waals surface area contributed by atoms with E-state index in [1.807, 2.05) is 0 Å². The van der Waals surface area contributed by atoms with Gasteiger partial charge >= 0.3 is 5.97 Å². The number of carboxylic acids is 1. The zero-order chi connectivity index (χ0) is 11.1. The van der Waals surface area contributed by atoms with E-state index >= 15 is 0 Å². The van der Waals surface area contributed by atoms with Crippen molar-refractivity contribution in [3.05, 3.63) is 0 Å². The topological polar surface area (TPSA) is 105 Å². The number of hydrogen-bond acceptors (Lipinski definition) is 3. The predicted octanol–water partition coefficient (Wildman–Crippen LogP) is -0.436. The molecule has 5 N–H and O–H groups in total. The molecule has 6 nitrogen and oxygen atoms in total. The average Bonchev–Trinajstić information content (AvgIpc) is 2.01. The molecule has 82 valence electrons. The van der Waals surface area contributed by atoms with Crippen LogP contribution in [0.3, 0.4) is 0 Å². The monoisotopic (exact) mass is 210 g/mol. The lowest BCUT2D eigenvalue weighted by atomic mass is 10.2. The van der Waals surface area contributed by atoms with Crippen molar-refractivity contribution in [2.45, 2.75) is 18.9 Å². The van der Waals surface area contributed by atoms with Gasteiger partial charge in [-0.1, -0.05) is 0 Å². The number of guanidine groups is 1. The van der Waals surface area contributed by atoms with E-state index in [1.165, 1.54) is 0 Å². The van der Waals surface area contributed by atoms with Gasteiger partial charge in [-0.25, -0.2) is 0 Å². The number of carboxylic acid groups (broad SMARTS) is 1. The lowest BCUT2D eigenvalue weighted by molar-refractivity contribution is -0.202. The van der Waals surface area contributed by atoms with Crippen LogP contribution in [0.1, 0.15) is 12.8 Å². The van der Waals surface area contributed by atoms with Crippen LogP contribution in [-0.4, -0.2) is 35.0 Å². The van der Waals surface area contributed by atoms with E-state index in [-0.39, 0.29) is 25.3 Å². The lowest BCUT2D eigenvalue weighted by Gasteiger charge is -2.10. The summed E-state index contributed by atoms with van der Waals surface area (Å²) in [5.74, 6) is -1.71. The Morgan fingerprint density at radius 3 is 2.43 bits per heavy atom. The highest BCUT2D eigenvalue weighted by Crippen LogP contribution is 2.08. The smallest absolute Gasteiger partial charge is 0.326 e. The quantitative estimate of drug-likeness (QED) is 0.238. The summed E-state index contributed by atoms with van der Waals surface area (Å²) in [6, 6.07) is -1.80. The van der Waals surface area contributed by atoms with Crippen LogP contribution >= 0.6 is 0 Å². The first kappa shape index (κ1) is 12.6. The second-order valence-electron chi connectivity index (χ2n) is 2.56. The van der Waals surface area contributed by atoms with Gasteiger partial charge in [0.05, 0.1) is 0 Å². The van der Waals surface area contributed by atoms with Crippen molar-refractivity contribution in [1.82, 2.24) is 5.34 Å². The molecule has 1 atom stereocenters. The van der Waals surface area contributed by atoms with Gasteiger partial charge in [0.1, 0.15) is 0 Å². The van der Waals surface area contributed by atoms with E-state index in [9.17, 15) is 13.8 Å². The van der Waals surface area contributed by atoms with Crippen molar-refractivity contribution in [3.63, 3.8) is 0 Å². The van der Waals surface area contributed by atoms with Crippen molar-refractivity contribution in [3.8, 4) is 0 Å². The Morgan fingerprint density at radius 1 is 1.50 bits per heavy atom. The van der Waals surface area contributed by atoms with Gasteiger partial charge in [0, 0.05) is 11.9 Å². The molecule has 0 unspecified atom stereocenters.